The average Bonchev–Trinajstić information content (AvgIpc) is 3.57. The second kappa shape index (κ2) is 13.7. The molecule has 0 radical (unpaired) electrons. The van der Waals surface area contributed by atoms with E-state index in [1.54, 1.807) is 84.9 Å². The number of aliphatic hydroxyl groups excluding tert-OH is 4. The number of hydrogen-bond acceptors (Lipinski definition) is 8. The van der Waals surface area contributed by atoms with Crippen LogP contribution in [0.2, 0.25) is 0 Å². The molecular formula is C36H36N2O8. The Morgan fingerprint density at radius 2 is 0.913 bits per heavy atom. The fourth-order valence-electron chi connectivity index (χ4n) is 6.17. The number of carbonyl (C=O) groups is 2. The highest BCUT2D eigenvalue weighted by molar-refractivity contribution is 5.85. The quantitative estimate of drug-likeness (QED) is 0.148. The van der Waals surface area contributed by atoms with Gasteiger partial charge in [0.05, 0.1) is 24.3 Å². The lowest BCUT2D eigenvalue weighted by molar-refractivity contribution is -0.152. The van der Waals surface area contributed by atoms with Crippen molar-refractivity contribution in [2.45, 2.75) is 61.5 Å². The van der Waals surface area contributed by atoms with Crippen molar-refractivity contribution < 1.29 is 39.5 Å². The smallest absolute Gasteiger partial charge is 0.264 e. The van der Waals surface area contributed by atoms with E-state index in [9.17, 15) is 30.0 Å². The van der Waals surface area contributed by atoms with Crippen molar-refractivity contribution in [2.75, 3.05) is 0 Å². The molecular weight excluding hydrogens is 588 g/mol. The van der Waals surface area contributed by atoms with Crippen LogP contribution < -0.4 is 20.1 Å². The van der Waals surface area contributed by atoms with Crippen LogP contribution in [0.4, 0.5) is 0 Å². The van der Waals surface area contributed by atoms with Gasteiger partial charge in [0.15, 0.2) is 0 Å². The number of benzene rings is 4. The molecule has 0 fully saturated rings. The van der Waals surface area contributed by atoms with Gasteiger partial charge in [0, 0.05) is 12.8 Å². The Hall–Kier alpha value is -4.74. The monoisotopic (exact) mass is 624 g/mol. The zero-order valence-corrected chi connectivity index (χ0v) is 24.8. The highest BCUT2D eigenvalue weighted by Gasteiger charge is 2.45. The molecule has 0 saturated heterocycles. The van der Waals surface area contributed by atoms with Crippen LogP contribution in [-0.2, 0) is 22.4 Å². The molecule has 0 aliphatic heterocycles. The van der Waals surface area contributed by atoms with E-state index in [1.807, 2.05) is 24.3 Å². The number of nitrogens with one attached hydrogen (secondary N) is 2. The maximum absolute atomic E-state index is 13.8. The molecule has 4 aromatic carbocycles. The second-order valence-corrected chi connectivity index (χ2v) is 11.6. The number of fused-ring (bicyclic) bond motifs is 2. The van der Waals surface area contributed by atoms with Crippen molar-refractivity contribution in [2.24, 2.45) is 0 Å². The summed E-state index contributed by atoms with van der Waals surface area (Å²) in [6, 6.07) is 29.7. The third-order valence-electron chi connectivity index (χ3n) is 8.50. The lowest BCUT2D eigenvalue weighted by atomic mass is 9.99. The van der Waals surface area contributed by atoms with Gasteiger partial charge < -0.3 is 40.5 Å². The van der Waals surface area contributed by atoms with Crippen molar-refractivity contribution in [3.05, 3.63) is 131 Å². The maximum atomic E-state index is 13.8. The number of carbonyl (C=O) groups excluding carboxylic acids is 2. The summed E-state index contributed by atoms with van der Waals surface area (Å²) < 4.78 is 11.9. The SMILES string of the molecule is O=C(NC1c2ccccc2C[C@H]1O)[C@H](Oc1ccccc1)[C@H](O)[C@@H](O)[C@@H](Oc1ccccc1)C(=O)NC1c2ccccc2C[C@H]1O. The first kappa shape index (κ1) is 31.3. The molecule has 0 aromatic heterocycles. The molecule has 0 spiro atoms. The number of hydrogen-bond donors (Lipinski definition) is 6. The molecule has 0 saturated carbocycles. The molecule has 2 aliphatic carbocycles. The fraction of sp³-hybridized carbons (Fsp3) is 0.278. The Morgan fingerprint density at radius 1 is 0.565 bits per heavy atom. The minimum Gasteiger partial charge on any atom is -0.478 e. The van der Waals surface area contributed by atoms with Gasteiger partial charge in [-0.25, -0.2) is 0 Å². The molecule has 6 rings (SSSR count). The summed E-state index contributed by atoms with van der Waals surface area (Å²) in [4.78, 5) is 27.6. The molecule has 0 bridgehead atoms. The molecule has 2 amide bonds. The van der Waals surface area contributed by atoms with Gasteiger partial charge in [-0.15, -0.1) is 0 Å². The van der Waals surface area contributed by atoms with Gasteiger partial charge in [0.1, 0.15) is 23.7 Å². The van der Waals surface area contributed by atoms with E-state index in [1.165, 1.54) is 0 Å². The summed E-state index contributed by atoms with van der Waals surface area (Å²) in [6.07, 6.45) is -8.55. The number of amides is 2. The van der Waals surface area contributed by atoms with Gasteiger partial charge in [-0.3, -0.25) is 9.59 Å². The molecule has 6 N–H and O–H groups in total. The maximum Gasteiger partial charge on any atom is 0.264 e. The average molecular weight is 625 g/mol. The van der Waals surface area contributed by atoms with Crippen LogP contribution >= 0.6 is 0 Å². The van der Waals surface area contributed by atoms with Gasteiger partial charge in [-0.2, -0.15) is 0 Å². The molecule has 4 aromatic rings. The van der Waals surface area contributed by atoms with Gasteiger partial charge in [-0.1, -0.05) is 84.9 Å². The van der Waals surface area contributed by atoms with Crippen molar-refractivity contribution >= 4 is 11.8 Å². The van der Waals surface area contributed by atoms with Crippen molar-refractivity contribution in [1.29, 1.82) is 0 Å². The summed E-state index contributed by atoms with van der Waals surface area (Å²) in [5.41, 5.74) is 3.23. The van der Waals surface area contributed by atoms with Crippen LogP contribution in [0.3, 0.4) is 0 Å². The third kappa shape index (κ3) is 6.61. The Kier molecular flexibility index (Phi) is 9.32. The highest BCUT2D eigenvalue weighted by Crippen LogP contribution is 2.33. The summed E-state index contributed by atoms with van der Waals surface area (Å²) in [6.45, 7) is 0. The number of para-hydroxylation sites is 2. The minimum absolute atomic E-state index is 0.233. The number of rotatable bonds is 11. The Bertz CT molecular complexity index is 1530. The van der Waals surface area contributed by atoms with Crippen LogP contribution in [-0.4, -0.2) is 68.9 Å². The zero-order valence-electron chi connectivity index (χ0n) is 24.8. The normalized spacial score (nSPS) is 22.4. The van der Waals surface area contributed by atoms with E-state index < -0.39 is 60.5 Å². The lowest BCUT2D eigenvalue weighted by Crippen LogP contribution is -2.58. The van der Waals surface area contributed by atoms with E-state index in [0.29, 0.717) is 12.8 Å². The Labute approximate surface area is 266 Å². The first-order valence-corrected chi connectivity index (χ1v) is 15.2. The Balaban J connectivity index is 1.28. The predicted octanol–water partition coefficient (Wildman–Crippen LogP) is 2.15. The topological polar surface area (TPSA) is 158 Å². The second-order valence-electron chi connectivity index (χ2n) is 11.6. The van der Waals surface area contributed by atoms with E-state index in [4.69, 9.17) is 9.47 Å². The fourth-order valence-corrected chi connectivity index (χ4v) is 6.17. The van der Waals surface area contributed by atoms with Crippen LogP contribution in [0.25, 0.3) is 0 Å². The van der Waals surface area contributed by atoms with Crippen LogP contribution in [0, 0.1) is 0 Å². The zero-order chi connectivity index (χ0) is 32.2. The van der Waals surface area contributed by atoms with E-state index in [0.717, 1.165) is 22.3 Å². The first-order chi connectivity index (χ1) is 22.3. The van der Waals surface area contributed by atoms with Crippen molar-refractivity contribution in [1.82, 2.24) is 10.6 Å². The third-order valence-corrected chi connectivity index (χ3v) is 8.50. The van der Waals surface area contributed by atoms with E-state index in [2.05, 4.69) is 10.6 Å². The van der Waals surface area contributed by atoms with Crippen LogP contribution in [0.5, 0.6) is 11.5 Å². The predicted molar refractivity (Wildman–Crippen MR) is 168 cm³/mol. The van der Waals surface area contributed by atoms with Gasteiger partial charge in [-0.05, 0) is 46.5 Å². The van der Waals surface area contributed by atoms with E-state index in [-0.39, 0.29) is 11.5 Å². The Morgan fingerprint density at radius 3 is 1.30 bits per heavy atom. The van der Waals surface area contributed by atoms with Gasteiger partial charge in [0.25, 0.3) is 11.8 Å². The van der Waals surface area contributed by atoms with Crippen LogP contribution in [0.1, 0.15) is 34.3 Å². The lowest BCUT2D eigenvalue weighted by Gasteiger charge is -2.32. The van der Waals surface area contributed by atoms with Crippen LogP contribution in [0.15, 0.2) is 109 Å². The molecule has 10 nitrogen and oxygen atoms in total. The molecule has 238 valence electrons. The number of aliphatic hydroxyl groups is 4. The highest BCUT2D eigenvalue weighted by atomic mass is 16.5. The molecule has 0 heterocycles. The molecule has 2 aliphatic rings. The van der Waals surface area contributed by atoms with Crippen molar-refractivity contribution in [3.63, 3.8) is 0 Å². The molecule has 10 heteroatoms. The first-order valence-electron chi connectivity index (χ1n) is 15.2. The molecule has 46 heavy (non-hydrogen) atoms. The summed E-state index contributed by atoms with van der Waals surface area (Å²) >= 11 is 0. The summed E-state index contributed by atoms with van der Waals surface area (Å²) in [5.74, 6) is -1.15. The standard InChI is InChI=1S/C36H36N2O8/c39-27-19-21-11-7-9-17-25(21)29(27)37-35(43)33(45-23-13-3-1-4-14-23)31(41)32(42)34(46-24-15-5-2-6-16-24)36(44)38-30-26-18-10-8-12-22(26)20-28(30)40/h1-18,27-34,39-42H,19-20H2,(H,37,43)(H,38,44)/t27-,28-,29?,30?,31-,32-,33-,34-/m1/s1. The summed E-state index contributed by atoms with van der Waals surface area (Å²) in [7, 11) is 0. The largest absolute Gasteiger partial charge is 0.478 e. The van der Waals surface area contributed by atoms with Crippen molar-refractivity contribution in [3.8, 4) is 11.5 Å². The van der Waals surface area contributed by atoms with Gasteiger partial charge >= 0.3 is 0 Å². The summed E-state index contributed by atoms with van der Waals surface area (Å²) in [5, 5.41) is 50.3. The van der Waals surface area contributed by atoms with Gasteiger partial charge in [0.2, 0.25) is 12.2 Å². The molecule has 8 atom stereocenters. The number of ether oxygens (including phenoxy) is 2. The van der Waals surface area contributed by atoms with E-state index >= 15 is 0 Å². The molecule has 2 unspecified atom stereocenters. The minimum atomic E-state index is -1.98.